The number of para-hydroxylation sites is 2. The Morgan fingerprint density at radius 3 is 2.48 bits per heavy atom. The highest BCUT2D eigenvalue weighted by Gasteiger charge is 2.06. The third-order valence-corrected chi connectivity index (χ3v) is 2.68. The van der Waals surface area contributed by atoms with Crippen molar-refractivity contribution in [3.8, 4) is 5.75 Å². The van der Waals surface area contributed by atoms with E-state index >= 15 is 0 Å². The van der Waals surface area contributed by atoms with E-state index in [1.54, 1.807) is 24.3 Å². The number of benzene rings is 2. The Labute approximate surface area is 123 Å². The molecule has 2 aromatic rings. The van der Waals surface area contributed by atoms with Crippen LogP contribution in [0.15, 0.2) is 54.6 Å². The SMILES string of the molecule is Nc1ccccc1OCC(=O)OCOCc1ccccc1. The summed E-state index contributed by atoms with van der Waals surface area (Å²) in [5.74, 6) is -0.0500. The van der Waals surface area contributed by atoms with Crippen LogP contribution in [0.2, 0.25) is 0 Å². The van der Waals surface area contributed by atoms with Crippen molar-refractivity contribution in [1.29, 1.82) is 0 Å². The molecule has 110 valence electrons. The Kier molecular flexibility index (Phi) is 5.60. The molecule has 0 fully saturated rings. The Bertz CT molecular complexity index is 571. The van der Waals surface area contributed by atoms with Crippen molar-refractivity contribution in [3.05, 3.63) is 60.2 Å². The van der Waals surface area contributed by atoms with Gasteiger partial charge in [-0.05, 0) is 17.7 Å². The fourth-order valence-corrected chi connectivity index (χ4v) is 1.63. The van der Waals surface area contributed by atoms with Crippen LogP contribution in [0.4, 0.5) is 5.69 Å². The third-order valence-electron chi connectivity index (χ3n) is 2.68. The van der Waals surface area contributed by atoms with E-state index in [1.165, 1.54) is 0 Å². The van der Waals surface area contributed by atoms with E-state index in [4.69, 9.17) is 19.9 Å². The normalized spacial score (nSPS) is 10.1. The molecule has 21 heavy (non-hydrogen) atoms. The van der Waals surface area contributed by atoms with Gasteiger partial charge in [0.15, 0.2) is 13.4 Å². The number of carbonyl (C=O) groups is 1. The summed E-state index contributed by atoms with van der Waals surface area (Å²) < 4.78 is 15.4. The monoisotopic (exact) mass is 287 g/mol. The minimum Gasteiger partial charge on any atom is -0.480 e. The number of anilines is 1. The van der Waals surface area contributed by atoms with Gasteiger partial charge in [-0.2, -0.15) is 0 Å². The number of hydrogen-bond donors (Lipinski definition) is 1. The first-order chi connectivity index (χ1) is 10.3. The van der Waals surface area contributed by atoms with Crippen LogP contribution in [-0.4, -0.2) is 19.4 Å². The van der Waals surface area contributed by atoms with E-state index in [2.05, 4.69) is 0 Å². The first-order valence-electron chi connectivity index (χ1n) is 6.50. The van der Waals surface area contributed by atoms with Crippen molar-refractivity contribution >= 4 is 11.7 Å². The molecule has 2 N–H and O–H groups in total. The Morgan fingerprint density at radius 1 is 1.00 bits per heavy atom. The first-order valence-corrected chi connectivity index (χ1v) is 6.50. The number of rotatable bonds is 7. The Morgan fingerprint density at radius 2 is 1.71 bits per heavy atom. The fourth-order valence-electron chi connectivity index (χ4n) is 1.63. The van der Waals surface area contributed by atoms with Gasteiger partial charge in [0.25, 0.3) is 0 Å². The van der Waals surface area contributed by atoms with Gasteiger partial charge in [0.1, 0.15) is 5.75 Å². The van der Waals surface area contributed by atoms with Crippen LogP contribution in [0.1, 0.15) is 5.56 Å². The van der Waals surface area contributed by atoms with Crippen molar-refractivity contribution in [1.82, 2.24) is 0 Å². The van der Waals surface area contributed by atoms with E-state index in [9.17, 15) is 4.79 Å². The van der Waals surface area contributed by atoms with Gasteiger partial charge < -0.3 is 19.9 Å². The molecule has 0 saturated heterocycles. The van der Waals surface area contributed by atoms with Gasteiger partial charge in [-0.3, -0.25) is 0 Å². The molecule has 0 unspecified atom stereocenters. The van der Waals surface area contributed by atoms with Crippen LogP contribution < -0.4 is 10.5 Å². The Balaban J connectivity index is 1.63. The molecule has 0 aliphatic heterocycles. The average molecular weight is 287 g/mol. The van der Waals surface area contributed by atoms with E-state index in [0.29, 0.717) is 18.0 Å². The van der Waals surface area contributed by atoms with Crippen LogP contribution in [0.3, 0.4) is 0 Å². The summed E-state index contributed by atoms with van der Waals surface area (Å²) >= 11 is 0. The minimum atomic E-state index is -0.508. The summed E-state index contributed by atoms with van der Waals surface area (Å²) in [6.45, 7) is 0.0743. The first kappa shape index (κ1) is 14.9. The highest BCUT2D eigenvalue weighted by molar-refractivity contribution is 5.71. The molecule has 2 aromatic carbocycles. The lowest BCUT2D eigenvalue weighted by Crippen LogP contribution is -2.17. The number of nitrogens with two attached hydrogens (primary N) is 1. The molecule has 0 aliphatic carbocycles. The van der Waals surface area contributed by atoms with Gasteiger partial charge in [-0.15, -0.1) is 0 Å². The lowest BCUT2D eigenvalue weighted by atomic mass is 10.2. The summed E-state index contributed by atoms with van der Waals surface area (Å²) in [5.41, 5.74) is 7.18. The van der Waals surface area contributed by atoms with Crippen LogP contribution >= 0.6 is 0 Å². The number of carbonyl (C=O) groups excluding carboxylic acids is 1. The van der Waals surface area contributed by atoms with Crippen molar-refractivity contribution in [2.45, 2.75) is 6.61 Å². The second-order valence-electron chi connectivity index (χ2n) is 4.29. The molecule has 0 heterocycles. The van der Waals surface area contributed by atoms with E-state index in [0.717, 1.165) is 5.56 Å². The van der Waals surface area contributed by atoms with Gasteiger partial charge in [-0.1, -0.05) is 42.5 Å². The van der Waals surface area contributed by atoms with Crippen LogP contribution in [0.25, 0.3) is 0 Å². The maximum atomic E-state index is 11.5. The Hall–Kier alpha value is -2.53. The van der Waals surface area contributed by atoms with Gasteiger partial charge >= 0.3 is 5.97 Å². The fraction of sp³-hybridized carbons (Fsp3) is 0.188. The second-order valence-corrected chi connectivity index (χ2v) is 4.29. The summed E-state index contributed by atoms with van der Waals surface area (Å²) in [4.78, 5) is 11.5. The van der Waals surface area contributed by atoms with Crippen LogP contribution in [-0.2, 0) is 20.9 Å². The lowest BCUT2D eigenvalue weighted by molar-refractivity contribution is -0.159. The lowest BCUT2D eigenvalue weighted by Gasteiger charge is -2.09. The topological polar surface area (TPSA) is 70.8 Å². The summed E-state index contributed by atoms with van der Waals surface area (Å²) in [5, 5.41) is 0. The van der Waals surface area contributed by atoms with Gasteiger partial charge in [0.05, 0.1) is 12.3 Å². The smallest absolute Gasteiger partial charge is 0.346 e. The average Bonchev–Trinajstić information content (AvgIpc) is 2.52. The summed E-state index contributed by atoms with van der Waals surface area (Å²) in [6, 6.07) is 16.6. The maximum absolute atomic E-state index is 11.5. The van der Waals surface area contributed by atoms with Crippen molar-refractivity contribution < 1.29 is 19.0 Å². The maximum Gasteiger partial charge on any atom is 0.346 e. The number of ether oxygens (including phenoxy) is 3. The molecule has 0 spiro atoms. The largest absolute Gasteiger partial charge is 0.480 e. The van der Waals surface area contributed by atoms with Crippen molar-refractivity contribution in [2.24, 2.45) is 0 Å². The van der Waals surface area contributed by atoms with Gasteiger partial charge in [-0.25, -0.2) is 4.79 Å². The molecule has 0 aromatic heterocycles. The van der Waals surface area contributed by atoms with Gasteiger partial charge in [0, 0.05) is 0 Å². The highest BCUT2D eigenvalue weighted by atomic mass is 16.7. The second kappa shape index (κ2) is 7.91. The highest BCUT2D eigenvalue weighted by Crippen LogP contribution is 2.19. The predicted octanol–water partition coefficient (Wildman–Crippen LogP) is 2.37. The van der Waals surface area contributed by atoms with Crippen molar-refractivity contribution in [3.63, 3.8) is 0 Å². The third kappa shape index (κ3) is 5.16. The predicted molar refractivity (Wildman–Crippen MR) is 78.5 cm³/mol. The molecule has 0 saturated carbocycles. The van der Waals surface area contributed by atoms with Gasteiger partial charge in [0.2, 0.25) is 0 Å². The molecule has 5 heteroatoms. The van der Waals surface area contributed by atoms with E-state index < -0.39 is 5.97 Å². The molecule has 0 radical (unpaired) electrons. The zero-order valence-corrected chi connectivity index (χ0v) is 11.5. The number of esters is 1. The molecule has 0 atom stereocenters. The number of nitrogen functional groups attached to an aromatic ring is 1. The standard InChI is InChI=1S/C16H17NO4/c17-14-8-4-5-9-15(14)20-11-16(18)21-12-19-10-13-6-2-1-3-7-13/h1-9H,10-12,17H2. The van der Waals surface area contributed by atoms with Crippen LogP contribution in [0, 0.1) is 0 Å². The zero-order valence-electron chi connectivity index (χ0n) is 11.5. The molecule has 0 aliphatic rings. The molecule has 0 bridgehead atoms. The summed E-state index contributed by atoms with van der Waals surface area (Å²) in [7, 11) is 0. The summed E-state index contributed by atoms with van der Waals surface area (Å²) in [6.07, 6.45) is 0. The van der Waals surface area contributed by atoms with Crippen molar-refractivity contribution in [2.75, 3.05) is 19.1 Å². The minimum absolute atomic E-state index is 0.110. The molecular formula is C16H17NO4. The molecule has 5 nitrogen and oxygen atoms in total. The number of hydrogen-bond acceptors (Lipinski definition) is 5. The van der Waals surface area contributed by atoms with E-state index in [-0.39, 0.29) is 13.4 Å². The van der Waals surface area contributed by atoms with E-state index in [1.807, 2.05) is 30.3 Å². The zero-order chi connectivity index (χ0) is 14.9. The molecular weight excluding hydrogens is 270 g/mol. The van der Waals surface area contributed by atoms with Crippen LogP contribution in [0.5, 0.6) is 5.75 Å². The molecule has 0 amide bonds. The molecule has 2 rings (SSSR count). The quantitative estimate of drug-likeness (QED) is 0.366.